The summed E-state index contributed by atoms with van der Waals surface area (Å²) in [6.45, 7) is 1.96. The molecule has 0 bridgehead atoms. The molecule has 134 valence electrons. The molecule has 27 heavy (non-hydrogen) atoms. The average molecular weight is 380 g/mol. The molecular weight excluding hydrogens is 368 g/mol. The second-order valence-electron chi connectivity index (χ2n) is 5.49. The standard InChI is InChI=1S/C17H12N6O3S/c1-10-4-2-6-12-13(10)21-17(27-12)22-15-14(23(24)25)16(20-9-19-15)26-11-5-3-7-18-8-11/h2-9H,1H3,(H,19,20,21,22). The third-order valence-corrected chi connectivity index (χ3v) is 4.60. The number of aromatic nitrogens is 4. The number of hydrogen-bond acceptors (Lipinski definition) is 9. The maximum atomic E-state index is 11.6. The molecule has 0 fully saturated rings. The third kappa shape index (κ3) is 3.37. The van der Waals surface area contributed by atoms with Crippen LogP contribution >= 0.6 is 11.3 Å². The second kappa shape index (κ2) is 6.92. The number of thiazole rings is 1. The predicted molar refractivity (Wildman–Crippen MR) is 101 cm³/mol. The van der Waals surface area contributed by atoms with Gasteiger partial charge in [-0.25, -0.2) is 9.97 Å². The fourth-order valence-corrected chi connectivity index (χ4v) is 3.40. The Balaban J connectivity index is 1.72. The van der Waals surface area contributed by atoms with Crippen molar-refractivity contribution in [2.45, 2.75) is 6.92 Å². The Morgan fingerprint density at radius 3 is 2.85 bits per heavy atom. The van der Waals surface area contributed by atoms with E-state index in [4.69, 9.17) is 4.74 Å². The van der Waals surface area contributed by atoms with Gasteiger partial charge in [-0.1, -0.05) is 23.5 Å². The van der Waals surface area contributed by atoms with Gasteiger partial charge in [0.15, 0.2) is 5.13 Å². The van der Waals surface area contributed by atoms with E-state index in [-0.39, 0.29) is 17.4 Å². The van der Waals surface area contributed by atoms with Crippen molar-refractivity contribution < 1.29 is 9.66 Å². The zero-order valence-electron chi connectivity index (χ0n) is 14.0. The van der Waals surface area contributed by atoms with Crippen LogP contribution in [0.5, 0.6) is 11.6 Å². The van der Waals surface area contributed by atoms with Gasteiger partial charge in [-0.3, -0.25) is 15.1 Å². The molecule has 0 atom stereocenters. The maximum absolute atomic E-state index is 11.6. The molecule has 4 aromatic rings. The molecule has 3 heterocycles. The van der Waals surface area contributed by atoms with Crippen LogP contribution in [0.2, 0.25) is 0 Å². The number of para-hydroxylation sites is 1. The molecule has 4 rings (SSSR count). The number of nitrogens with one attached hydrogen (secondary N) is 1. The van der Waals surface area contributed by atoms with Crippen LogP contribution in [0.25, 0.3) is 10.2 Å². The summed E-state index contributed by atoms with van der Waals surface area (Å²) in [5, 5.41) is 15.0. The Bertz CT molecular complexity index is 1130. The van der Waals surface area contributed by atoms with Crippen molar-refractivity contribution in [2.75, 3.05) is 5.32 Å². The fourth-order valence-electron chi connectivity index (χ4n) is 2.45. The molecule has 0 unspecified atom stereocenters. The molecule has 1 aromatic carbocycles. The highest BCUT2D eigenvalue weighted by atomic mass is 32.1. The first-order valence-electron chi connectivity index (χ1n) is 7.82. The minimum Gasteiger partial charge on any atom is -0.432 e. The minimum atomic E-state index is -0.591. The van der Waals surface area contributed by atoms with E-state index in [1.165, 1.54) is 23.9 Å². The Kier molecular flexibility index (Phi) is 4.30. The van der Waals surface area contributed by atoms with Gasteiger partial charge in [0.2, 0.25) is 5.82 Å². The molecule has 0 aliphatic heterocycles. The number of nitro groups is 1. The quantitative estimate of drug-likeness (QED) is 0.404. The van der Waals surface area contributed by atoms with Crippen molar-refractivity contribution in [2.24, 2.45) is 0 Å². The van der Waals surface area contributed by atoms with Gasteiger partial charge in [0.05, 0.1) is 21.3 Å². The lowest BCUT2D eigenvalue weighted by atomic mass is 10.2. The highest BCUT2D eigenvalue weighted by Gasteiger charge is 2.26. The third-order valence-electron chi connectivity index (χ3n) is 3.67. The Morgan fingerprint density at radius 1 is 1.22 bits per heavy atom. The second-order valence-corrected chi connectivity index (χ2v) is 6.52. The van der Waals surface area contributed by atoms with Gasteiger partial charge in [-0.05, 0) is 30.7 Å². The Hall–Kier alpha value is -3.66. The molecule has 0 aliphatic carbocycles. The molecule has 0 radical (unpaired) electrons. The van der Waals surface area contributed by atoms with E-state index in [0.29, 0.717) is 10.9 Å². The first-order chi connectivity index (χ1) is 13.1. The number of pyridine rings is 1. The molecular formula is C17H12N6O3S. The first-order valence-corrected chi connectivity index (χ1v) is 8.64. The maximum Gasteiger partial charge on any atom is 0.373 e. The Labute approximate surface area is 156 Å². The molecule has 0 saturated heterocycles. The largest absolute Gasteiger partial charge is 0.432 e. The highest BCUT2D eigenvalue weighted by Crippen LogP contribution is 2.37. The number of hydrogen-bond donors (Lipinski definition) is 1. The molecule has 0 saturated carbocycles. The Morgan fingerprint density at radius 2 is 2.11 bits per heavy atom. The van der Waals surface area contributed by atoms with E-state index >= 15 is 0 Å². The van der Waals surface area contributed by atoms with Crippen LogP contribution in [0.15, 0.2) is 49.1 Å². The SMILES string of the molecule is Cc1cccc2sc(Nc3ncnc(Oc4cccnc4)c3[N+](=O)[O-])nc12. The van der Waals surface area contributed by atoms with Gasteiger partial charge in [-0.2, -0.15) is 4.98 Å². The van der Waals surface area contributed by atoms with Crippen molar-refractivity contribution >= 4 is 38.2 Å². The van der Waals surface area contributed by atoms with Crippen LogP contribution in [0, 0.1) is 17.0 Å². The molecule has 9 nitrogen and oxygen atoms in total. The summed E-state index contributed by atoms with van der Waals surface area (Å²) >= 11 is 1.38. The summed E-state index contributed by atoms with van der Waals surface area (Å²) in [5.74, 6) is 0.161. The van der Waals surface area contributed by atoms with Crippen molar-refractivity contribution in [3.05, 3.63) is 64.7 Å². The summed E-state index contributed by atoms with van der Waals surface area (Å²) in [7, 11) is 0. The van der Waals surface area contributed by atoms with Crippen molar-refractivity contribution in [3.63, 3.8) is 0 Å². The summed E-state index contributed by atoms with van der Waals surface area (Å²) in [5.41, 5.74) is 1.49. The van der Waals surface area contributed by atoms with Crippen LogP contribution in [-0.4, -0.2) is 24.9 Å². The van der Waals surface area contributed by atoms with Crippen LogP contribution in [0.4, 0.5) is 16.6 Å². The summed E-state index contributed by atoms with van der Waals surface area (Å²) in [6.07, 6.45) is 4.21. The minimum absolute atomic E-state index is 0.00518. The predicted octanol–water partition coefficient (Wildman–Crippen LogP) is 4.23. The summed E-state index contributed by atoms with van der Waals surface area (Å²) in [6, 6.07) is 9.12. The van der Waals surface area contributed by atoms with Gasteiger partial charge >= 0.3 is 11.6 Å². The van der Waals surface area contributed by atoms with Gasteiger partial charge in [0, 0.05) is 6.20 Å². The lowest BCUT2D eigenvalue weighted by molar-refractivity contribution is -0.385. The van der Waals surface area contributed by atoms with E-state index in [1.807, 2.05) is 25.1 Å². The van der Waals surface area contributed by atoms with E-state index in [0.717, 1.165) is 15.8 Å². The number of rotatable bonds is 5. The van der Waals surface area contributed by atoms with E-state index in [9.17, 15) is 10.1 Å². The lowest BCUT2D eigenvalue weighted by Gasteiger charge is -2.07. The van der Waals surface area contributed by atoms with Gasteiger partial charge in [0.25, 0.3) is 0 Å². The van der Waals surface area contributed by atoms with E-state index in [2.05, 4.69) is 25.3 Å². The number of anilines is 2. The van der Waals surface area contributed by atoms with Crippen LogP contribution in [0.3, 0.4) is 0 Å². The van der Waals surface area contributed by atoms with Crippen LogP contribution < -0.4 is 10.1 Å². The molecule has 3 aromatic heterocycles. The molecule has 10 heteroatoms. The summed E-state index contributed by atoms with van der Waals surface area (Å²) < 4.78 is 6.49. The van der Waals surface area contributed by atoms with Crippen molar-refractivity contribution in [3.8, 4) is 11.6 Å². The monoisotopic (exact) mass is 380 g/mol. The van der Waals surface area contributed by atoms with E-state index < -0.39 is 4.92 Å². The zero-order valence-corrected chi connectivity index (χ0v) is 14.8. The topological polar surface area (TPSA) is 116 Å². The molecule has 1 N–H and O–H groups in total. The lowest BCUT2D eigenvalue weighted by Crippen LogP contribution is -2.03. The molecule has 0 aliphatic rings. The van der Waals surface area contributed by atoms with Gasteiger partial charge < -0.3 is 10.1 Å². The number of benzene rings is 1. The molecule has 0 amide bonds. The fraction of sp³-hybridized carbons (Fsp3) is 0.0588. The van der Waals surface area contributed by atoms with Gasteiger partial charge in [-0.15, -0.1) is 0 Å². The van der Waals surface area contributed by atoms with Crippen LogP contribution in [-0.2, 0) is 0 Å². The number of ether oxygens (including phenoxy) is 1. The summed E-state index contributed by atoms with van der Waals surface area (Å²) in [4.78, 5) is 27.3. The van der Waals surface area contributed by atoms with Crippen molar-refractivity contribution in [1.29, 1.82) is 0 Å². The van der Waals surface area contributed by atoms with Crippen molar-refractivity contribution in [1.82, 2.24) is 19.9 Å². The van der Waals surface area contributed by atoms with Gasteiger partial charge in [0.1, 0.15) is 12.1 Å². The van der Waals surface area contributed by atoms with E-state index in [1.54, 1.807) is 18.3 Å². The smallest absolute Gasteiger partial charge is 0.373 e. The van der Waals surface area contributed by atoms with Crippen LogP contribution in [0.1, 0.15) is 5.56 Å². The normalized spacial score (nSPS) is 10.7. The number of aryl methyl sites for hydroxylation is 1. The average Bonchev–Trinajstić information content (AvgIpc) is 3.06. The highest BCUT2D eigenvalue weighted by molar-refractivity contribution is 7.22. The zero-order chi connectivity index (χ0) is 18.8. The molecule has 0 spiro atoms. The number of fused-ring (bicyclic) bond motifs is 1. The number of nitrogens with zero attached hydrogens (tertiary/aromatic N) is 5. The first kappa shape index (κ1) is 16.8.